The van der Waals surface area contributed by atoms with E-state index in [1.54, 1.807) is 6.20 Å². The van der Waals surface area contributed by atoms with E-state index in [-0.39, 0.29) is 5.92 Å². The Kier molecular flexibility index (Phi) is 8.37. The first-order valence-corrected chi connectivity index (χ1v) is 13.4. The van der Waals surface area contributed by atoms with Gasteiger partial charge >= 0.3 is 6.18 Å². The molecule has 1 heterocycles. The first-order valence-electron chi connectivity index (χ1n) is 13.1. The molecule has 0 N–H and O–H groups in total. The van der Waals surface area contributed by atoms with Gasteiger partial charge < -0.3 is 4.57 Å². The Morgan fingerprint density at radius 1 is 1.13 bits per heavy atom. The highest BCUT2D eigenvalue weighted by Gasteiger charge is 2.45. The number of allylic oxidation sites excluding steroid dienone is 1. The first kappa shape index (κ1) is 28.6. The van der Waals surface area contributed by atoms with Crippen LogP contribution >= 0.6 is 11.6 Å². The van der Waals surface area contributed by atoms with Gasteiger partial charge in [0.2, 0.25) is 0 Å². The van der Waals surface area contributed by atoms with Gasteiger partial charge in [-0.1, -0.05) is 49.1 Å². The average molecular weight is 553 g/mol. The van der Waals surface area contributed by atoms with Gasteiger partial charge in [-0.2, -0.15) is 18.4 Å². The van der Waals surface area contributed by atoms with Crippen LogP contribution in [-0.2, 0) is 25.1 Å². The molecule has 0 bridgehead atoms. The van der Waals surface area contributed by atoms with E-state index in [1.807, 2.05) is 43.7 Å². The van der Waals surface area contributed by atoms with Gasteiger partial charge in [-0.3, -0.25) is 4.99 Å². The summed E-state index contributed by atoms with van der Waals surface area (Å²) in [5.74, 6) is 0.938. The highest BCUT2D eigenvalue weighted by Crippen LogP contribution is 2.47. The van der Waals surface area contributed by atoms with Gasteiger partial charge in [0.1, 0.15) is 11.2 Å². The van der Waals surface area contributed by atoms with E-state index in [1.165, 1.54) is 12.1 Å². The van der Waals surface area contributed by atoms with E-state index in [2.05, 4.69) is 22.8 Å². The zero-order valence-corrected chi connectivity index (χ0v) is 23.2. The predicted octanol–water partition coefficient (Wildman–Crippen LogP) is 8.68. The summed E-state index contributed by atoms with van der Waals surface area (Å²) in [5.41, 5.74) is 2.76. The van der Waals surface area contributed by atoms with E-state index < -0.39 is 17.2 Å². The summed E-state index contributed by atoms with van der Waals surface area (Å²) in [5, 5.41) is 11.3. The lowest BCUT2D eigenvalue weighted by Crippen LogP contribution is -2.38. The van der Waals surface area contributed by atoms with Crippen molar-refractivity contribution in [2.45, 2.75) is 64.0 Å². The molecule has 39 heavy (non-hydrogen) atoms. The van der Waals surface area contributed by atoms with Crippen LogP contribution < -0.4 is 0 Å². The minimum atomic E-state index is -4.38. The predicted molar refractivity (Wildman–Crippen MR) is 150 cm³/mol. The van der Waals surface area contributed by atoms with Crippen molar-refractivity contribution in [3.8, 4) is 6.07 Å². The summed E-state index contributed by atoms with van der Waals surface area (Å²) in [4.78, 5) is 8.70. The maximum Gasteiger partial charge on any atom is 0.416 e. The standard InChI is InChI=1S/C31H32ClF3N4/c1-20(16-22-10-12-24(13-11-22)31(33,34)35)29(32)26-17-25(14-15-27(26)37-3)30(19-36,23-8-6-5-7-9-23)28-18-38-21(2)39(28)4/h10-15,17-18,23H,3,5-9,16H2,1-2,4H3/b29-20-. The summed E-state index contributed by atoms with van der Waals surface area (Å²) in [6.07, 6.45) is 2.95. The van der Waals surface area contributed by atoms with Crippen LogP contribution in [0.25, 0.3) is 5.03 Å². The molecular weight excluding hydrogens is 521 g/mol. The highest BCUT2D eigenvalue weighted by molar-refractivity contribution is 6.49. The Bertz CT molecular complexity index is 1420. The third-order valence-electron chi connectivity index (χ3n) is 8.00. The summed E-state index contributed by atoms with van der Waals surface area (Å²) in [6, 6.07) is 13.5. The zero-order valence-electron chi connectivity index (χ0n) is 22.4. The van der Waals surface area contributed by atoms with Crippen molar-refractivity contribution >= 4 is 29.0 Å². The second kappa shape index (κ2) is 11.4. The normalized spacial score (nSPS) is 16.8. The lowest BCUT2D eigenvalue weighted by atomic mass is 9.64. The summed E-state index contributed by atoms with van der Waals surface area (Å²) < 4.78 is 41.0. The molecule has 8 heteroatoms. The largest absolute Gasteiger partial charge is 0.416 e. The number of aryl methyl sites for hydroxylation is 1. The fraction of sp³-hybridized carbons (Fsp3) is 0.387. The van der Waals surface area contributed by atoms with Crippen LogP contribution in [-0.4, -0.2) is 16.3 Å². The number of benzene rings is 2. The molecule has 1 unspecified atom stereocenters. The van der Waals surface area contributed by atoms with Crippen molar-refractivity contribution in [2.75, 3.05) is 0 Å². The third kappa shape index (κ3) is 5.53. The molecule has 4 nitrogen and oxygen atoms in total. The topological polar surface area (TPSA) is 54.0 Å². The van der Waals surface area contributed by atoms with Gasteiger partial charge in [-0.25, -0.2) is 4.98 Å². The Balaban J connectivity index is 1.81. The van der Waals surface area contributed by atoms with Crippen LogP contribution in [0, 0.1) is 24.2 Å². The van der Waals surface area contributed by atoms with E-state index in [0.29, 0.717) is 28.3 Å². The number of aromatic nitrogens is 2. The summed E-state index contributed by atoms with van der Waals surface area (Å²) in [6.45, 7) is 7.48. The number of aliphatic imine (C=N–C) groups is 1. The highest BCUT2D eigenvalue weighted by atomic mass is 35.5. The molecule has 2 aromatic carbocycles. The van der Waals surface area contributed by atoms with E-state index in [9.17, 15) is 18.4 Å². The molecule has 0 aliphatic heterocycles. The van der Waals surface area contributed by atoms with Crippen molar-refractivity contribution in [2.24, 2.45) is 18.0 Å². The molecule has 1 saturated carbocycles. The quantitative estimate of drug-likeness (QED) is 0.275. The average Bonchev–Trinajstić information content (AvgIpc) is 3.27. The molecule has 1 atom stereocenters. The van der Waals surface area contributed by atoms with Crippen LogP contribution in [0.3, 0.4) is 0 Å². The SMILES string of the molecule is C=Nc1ccc(C(C#N)(c2cnc(C)n2C)C2CCCCC2)cc1/C(Cl)=C(\C)Cc1ccc(C(F)(F)F)cc1. The van der Waals surface area contributed by atoms with Crippen LogP contribution in [0.2, 0.25) is 0 Å². The van der Waals surface area contributed by atoms with Gasteiger partial charge in [-0.15, -0.1) is 0 Å². The van der Waals surface area contributed by atoms with Gasteiger partial charge in [0.25, 0.3) is 0 Å². The molecule has 0 saturated heterocycles. The van der Waals surface area contributed by atoms with Crippen molar-refractivity contribution in [1.29, 1.82) is 5.26 Å². The van der Waals surface area contributed by atoms with E-state index in [0.717, 1.165) is 66.9 Å². The Labute approximate surface area is 232 Å². The Hall–Kier alpha value is -3.37. The fourth-order valence-electron chi connectivity index (χ4n) is 5.73. The van der Waals surface area contributed by atoms with Crippen LogP contribution in [0.4, 0.5) is 18.9 Å². The van der Waals surface area contributed by atoms with Crippen LogP contribution in [0.1, 0.15) is 72.8 Å². The van der Waals surface area contributed by atoms with E-state index >= 15 is 0 Å². The number of nitrogens with zero attached hydrogens (tertiary/aromatic N) is 4. The second-order valence-electron chi connectivity index (χ2n) is 10.4. The maximum atomic E-state index is 13.0. The maximum absolute atomic E-state index is 13.0. The third-order valence-corrected chi connectivity index (χ3v) is 8.53. The second-order valence-corrected chi connectivity index (χ2v) is 10.7. The monoisotopic (exact) mass is 552 g/mol. The molecule has 204 valence electrons. The number of alkyl halides is 3. The lowest BCUT2D eigenvalue weighted by Gasteiger charge is -2.38. The Morgan fingerprint density at radius 2 is 1.77 bits per heavy atom. The minimum Gasteiger partial charge on any atom is -0.334 e. The van der Waals surface area contributed by atoms with Gasteiger partial charge in [0.05, 0.1) is 29.2 Å². The number of rotatable bonds is 7. The molecular formula is C31H32ClF3N4. The van der Waals surface area contributed by atoms with Crippen molar-refractivity contribution < 1.29 is 13.2 Å². The number of halogens is 4. The molecule has 0 spiro atoms. The Morgan fingerprint density at radius 3 is 2.31 bits per heavy atom. The summed E-state index contributed by atoms with van der Waals surface area (Å²) >= 11 is 6.94. The molecule has 1 fully saturated rings. The minimum absolute atomic E-state index is 0.109. The molecule has 0 amide bonds. The lowest BCUT2D eigenvalue weighted by molar-refractivity contribution is -0.137. The van der Waals surface area contributed by atoms with Crippen molar-refractivity contribution in [1.82, 2.24) is 9.55 Å². The smallest absolute Gasteiger partial charge is 0.334 e. The molecule has 0 radical (unpaired) electrons. The van der Waals surface area contributed by atoms with Crippen LogP contribution in [0.15, 0.2) is 59.2 Å². The molecule has 3 aromatic rings. The number of imidazole rings is 1. The first-order chi connectivity index (χ1) is 18.5. The molecule has 1 aromatic heterocycles. The van der Waals surface area contributed by atoms with Gasteiger partial charge in [0.15, 0.2) is 0 Å². The zero-order chi connectivity index (χ0) is 28.4. The number of hydrogen-bond acceptors (Lipinski definition) is 3. The summed E-state index contributed by atoms with van der Waals surface area (Å²) in [7, 11) is 1.94. The molecule has 4 rings (SSSR count). The number of nitriles is 1. The molecule has 1 aliphatic carbocycles. The van der Waals surface area contributed by atoms with E-state index in [4.69, 9.17) is 11.6 Å². The van der Waals surface area contributed by atoms with Crippen molar-refractivity contribution in [3.63, 3.8) is 0 Å². The van der Waals surface area contributed by atoms with Crippen molar-refractivity contribution in [3.05, 3.63) is 88.0 Å². The van der Waals surface area contributed by atoms with Crippen LogP contribution in [0.5, 0.6) is 0 Å². The van der Waals surface area contributed by atoms with Gasteiger partial charge in [0, 0.05) is 17.6 Å². The molecule has 1 aliphatic rings. The fourth-order valence-corrected chi connectivity index (χ4v) is 5.95. The number of hydrogen-bond donors (Lipinski definition) is 0. The van der Waals surface area contributed by atoms with Gasteiger partial charge in [-0.05, 0) is 86.7 Å².